The summed E-state index contributed by atoms with van der Waals surface area (Å²) in [5.74, 6) is 0. The number of hydrogen-bond acceptors (Lipinski definition) is 2. The summed E-state index contributed by atoms with van der Waals surface area (Å²) in [6.45, 7) is 0. The van der Waals surface area contributed by atoms with Crippen molar-refractivity contribution < 1.29 is 26.3 Å². The smallest absolute Gasteiger partial charge is 0.308 e. The first-order chi connectivity index (χ1) is 29.0. The van der Waals surface area contributed by atoms with Crippen molar-refractivity contribution >= 4 is 107 Å². The zero-order chi connectivity index (χ0) is 40.7. The van der Waals surface area contributed by atoms with Gasteiger partial charge in [-0.3, -0.25) is 0 Å². The molecule has 2 nitrogen and oxygen atoms in total. The second kappa shape index (κ2) is 12.5. The maximum Gasteiger partial charge on any atom is 0.416 e. The van der Waals surface area contributed by atoms with E-state index in [0.717, 1.165) is 86.2 Å². The van der Waals surface area contributed by atoms with Gasteiger partial charge in [-0.1, -0.05) is 97.1 Å². The predicted molar refractivity (Wildman–Crippen MR) is 236 cm³/mol. The second-order valence-electron chi connectivity index (χ2n) is 15.0. The molecule has 0 N–H and O–H groups in total. The predicted octanol–water partition coefficient (Wildman–Crippen LogP) is 16.3. The van der Waals surface area contributed by atoms with E-state index in [-0.39, 0.29) is 22.5 Å². The average molecular weight is 833 g/mol. The molecule has 0 amide bonds. The highest BCUT2D eigenvalue weighted by molar-refractivity contribution is 7.26. The molecule has 0 bridgehead atoms. The minimum absolute atomic E-state index is 0.112. The van der Waals surface area contributed by atoms with Crippen molar-refractivity contribution in [3.8, 4) is 22.5 Å². The van der Waals surface area contributed by atoms with Gasteiger partial charge in [-0.2, -0.15) is 26.3 Å². The first-order valence-corrected chi connectivity index (χ1v) is 20.8. The lowest BCUT2D eigenvalue weighted by molar-refractivity contribution is -0.138. The number of hydrogen-bond donors (Lipinski definition) is 0. The Balaban J connectivity index is 1.36. The van der Waals surface area contributed by atoms with Gasteiger partial charge in [-0.15, -0.1) is 22.7 Å². The van der Waals surface area contributed by atoms with Crippen LogP contribution in [0.15, 0.2) is 158 Å². The summed E-state index contributed by atoms with van der Waals surface area (Å²) in [6.07, 6.45) is -9.55. The average Bonchev–Trinajstić information content (AvgIpc) is 4.00. The molecule has 0 atom stereocenters. The van der Waals surface area contributed by atoms with Crippen molar-refractivity contribution in [2.75, 3.05) is 0 Å². The molecule has 60 heavy (non-hydrogen) atoms. The Labute approximate surface area is 344 Å². The highest BCUT2D eigenvalue weighted by Crippen LogP contribution is 2.50. The Morgan fingerprint density at radius 3 is 1.30 bits per heavy atom. The third-order valence-corrected chi connectivity index (χ3v) is 14.0. The summed E-state index contributed by atoms with van der Waals surface area (Å²) < 4.78 is 98.8. The van der Waals surface area contributed by atoms with Crippen LogP contribution in [0.1, 0.15) is 11.1 Å². The molecule has 4 aromatic heterocycles. The Hall–Kier alpha value is -6.62. The number of fused-ring (bicyclic) bond motifs is 14. The van der Waals surface area contributed by atoms with Crippen molar-refractivity contribution in [1.29, 1.82) is 0 Å². The third-order valence-electron chi connectivity index (χ3n) is 11.7. The van der Waals surface area contributed by atoms with Crippen LogP contribution in [0.25, 0.3) is 106 Å². The van der Waals surface area contributed by atoms with Crippen molar-refractivity contribution in [1.82, 2.24) is 9.13 Å². The SMILES string of the molecule is FC(F)(F)c1cccc(-c2c(-n3c4ccccc4c4ccc5sc6ccccc6c5c43)cc(C(F)(F)F)cc2-n2c3ccccc3c3ccc4sc5ccccc5c4c32)c1. The second-order valence-corrected chi connectivity index (χ2v) is 17.2. The van der Waals surface area contributed by atoms with Gasteiger partial charge in [0, 0.05) is 67.5 Å². The van der Waals surface area contributed by atoms with Crippen LogP contribution in [0.3, 0.4) is 0 Å². The van der Waals surface area contributed by atoms with Gasteiger partial charge in [0.15, 0.2) is 0 Å². The van der Waals surface area contributed by atoms with Gasteiger partial charge in [-0.25, -0.2) is 0 Å². The van der Waals surface area contributed by atoms with Crippen molar-refractivity contribution in [2.45, 2.75) is 12.4 Å². The molecule has 0 aliphatic heterocycles. The number of para-hydroxylation sites is 2. The standard InChI is InChI=1S/C50H26F6N2S2/c51-49(52,53)28-11-9-10-27(24-28)44-38(57-36-16-5-1-12-30(36)32-20-22-42-45(47(32)57)34-14-3-7-18-40(34)59-42)25-29(50(54,55)56)26-39(44)58-37-17-6-2-13-31(37)33-21-23-43-46(48(33)58)35-15-4-8-19-41(35)60-43/h1-26H. The van der Waals surface area contributed by atoms with Gasteiger partial charge in [0.05, 0.1) is 44.6 Å². The zero-order valence-corrected chi connectivity index (χ0v) is 32.6. The summed E-state index contributed by atoms with van der Waals surface area (Å²) in [7, 11) is 0. The first-order valence-electron chi connectivity index (χ1n) is 19.1. The van der Waals surface area contributed by atoms with Crippen LogP contribution in [-0.4, -0.2) is 9.13 Å². The molecule has 0 saturated carbocycles. The Bertz CT molecular complexity index is 3560. The molecule has 290 valence electrons. The lowest BCUT2D eigenvalue weighted by Gasteiger charge is -2.23. The van der Waals surface area contributed by atoms with Crippen LogP contribution in [0.5, 0.6) is 0 Å². The van der Waals surface area contributed by atoms with Gasteiger partial charge < -0.3 is 9.13 Å². The van der Waals surface area contributed by atoms with E-state index in [1.807, 2.05) is 130 Å². The summed E-state index contributed by atoms with van der Waals surface area (Å²) in [5, 5.41) is 6.85. The Morgan fingerprint density at radius 1 is 0.367 bits per heavy atom. The topological polar surface area (TPSA) is 9.86 Å². The molecule has 0 unspecified atom stereocenters. The van der Waals surface area contributed by atoms with E-state index in [1.54, 1.807) is 28.7 Å². The molecule has 8 aromatic carbocycles. The van der Waals surface area contributed by atoms with Gasteiger partial charge in [-0.05, 0) is 66.2 Å². The Kier molecular flexibility index (Phi) is 7.33. The monoisotopic (exact) mass is 832 g/mol. The van der Waals surface area contributed by atoms with Gasteiger partial charge in [0.2, 0.25) is 0 Å². The lowest BCUT2D eigenvalue weighted by Crippen LogP contribution is -2.12. The molecular weight excluding hydrogens is 807 g/mol. The van der Waals surface area contributed by atoms with Crippen LogP contribution in [0.2, 0.25) is 0 Å². The first kappa shape index (κ1) is 35.3. The van der Waals surface area contributed by atoms with Gasteiger partial charge in [0.25, 0.3) is 0 Å². The number of thiophene rings is 2. The highest BCUT2D eigenvalue weighted by atomic mass is 32.1. The number of aromatic nitrogens is 2. The fourth-order valence-electron chi connectivity index (χ4n) is 9.31. The van der Waals surface area contributed by atoms with E-state index in [9.17, 15) is 13.2 Å². The minimum atomic E-state index is -4.83. The van der Waals surface area contributed by atoms with E-state index >= 15 is 13.2 Å². The van der Waals surface area contributed by atoms with Crippen molar-refractivity contribution in [3.63, 3.8) is 0 Å². The van der Waals surface area contributed by atoms with E-state index in [1.165, 1.54) is 6.07 Å². The largest absolute Gasteiger partial charge is 0.416 e. The Morgan fingerprint density at radius 2 is 0.817 bits per heavy atom. The van der Waals surface area contributed by atoms with Crippen LogP contribution in [0.4, 0.5) is 26.3 Å². The lowest BCUT2D eigenvalue weighted by atomic mass is 9.96. The number of alkyl halides is 6. The van der Waals surface area contributed by atoms with E-state index in [2.05, 4.69) is 0 Å². The molecule has 0 spiro atoms. The number of halogens is 6. The van der Waals surface area contributed by atoms with Gasteiger partial charge in [0.1, 0.15) is 0 Å². The van der Waals surface area contributed by atoms with Crippen molar-refractivity contribution in [2.24, 2.45) is 0 Å². The summed E-state index contributed by atoms with van der Waals surface area (Å²) in [4.78, 5) is 0. The number of nitrogens with zero attached hydrogens (tertiary/aromatic N) is 2. The maximum absolute atomic E-state index is 15.7. The fourth-order valence-corrected chi connectivity index (χ4v) is 11.5. The highest BCUT2D eigenvalue weighted by Gasteiger charge is 2.36. The molecule has 12 aromatic rings. The number of benzene rings is 8. The minimum Gasteiger partial charge on any atom is -0.308 e. The van der Waals surface area contributed by atoms with Crippen LogP contribution in [-0.2, 0) is 12.4 Å². The molecular formula is C50H26F6N2S2. The molecule has 12 rings (SSSR count). The van der Waals surface area contributed by atoms with Crippen LogP contribution in [0, 0.1) is 0 Å². The zero-order valence-electron chi connectivity index (χ0n) is 31.0. The summed E-state index contributed by atoms with van der Waals surface area (Å²) >= 11 is 3.18. The molecule has 10 heteroatoms. The molecule has 0 aliphatic carbocycles. The van der Waals surface area contributed by atoms with Crippen molar-refractivity contribution in [3.05, 3.63) is 169 Å². The van der Waals surface area contributed by atoms with E-state index in [4.69, 9.17) is 0 Å². The van der Waals surface area contributed by atoms with E-state index in [0.29, 0.717) is 22.1 Å². The number of rotatable bonds is 3. The quantitative estimate of drug-likeness (QED) is 0.157. The summed E-state index contributed by atoms with van der Waals surface area (Å²) in [6, 6.07) is 46.2. The molecule has 4 heterocycles. The van der Waals surface area contributed by atoms with Crippen LogP contribution < -0.4 is 0 Å². The molecule has 0 fully saturated rings. The maximum atomic E-state index is 15.7. The normalized spacial score (nSPS) is 12.8. The fraction of sp³-hybridized carbons (Fsp3) is 0.0400. The summed E-state index contributed by atoms with van der Waals surface area (Å²) in [5.41, 5.74) is 1.37. The third kappa shape index (κ3) is 5.01. The van der Waals surface area contributed by atoms with E-state index < -0.39 is 23.5 Å². The molecule has 0 radical (unpaired) electrons. The molecule has 0 saturated heterocycles. The molecule has 0 aliphatic rings. The van der Waals surface area contributed by atoms with Crippen LogP contribution >= 0.6 is 22.7 Å². The van der Waals surface area contributed by atoms with Gasteiger partial charge >= 0.3 is 12.4 Å².